The van der Waals surface area contributed by atoms with E-state index in [4.69, 9.17) is 9.47 Å². The van der Waals surface area contributed by atoms with Crippen molar-refractivity contribution in [2.45, 2.75) is 18.3 Å². The van der Waals surface area contributed by atoms with Crippen molar-refractivity contribution in [3.63, 3.8) is 0 Å². The number of anilines is 2. The SMILES string of the molecule is COc1cc(OC)cc(N2C(=O)CSC23C(=O)N(Cc2ccc(C)cc2)c2ccccc23)c1. The van der Waals surface area contributed by atoms with Crippen LogP contribution in [0.4, 0.5) is 11.4 Å². The van der Waals surface area contributed by atoms with Crippen LogP contribution in [0.3, 0.4) is 0 Å². The van der Waals surface area contributed by atoms with E-state index >= 15 is 0 Å². The molecular formula is C26H24N2O4S. The third-order valence-corrected chi connectivity index (χ3v) is 7.51. The number of methoxy groups -OCH3 is 2. The van der Waals surface area contributed by atoms with Gasteiger partial charge in [-0.15, -0.1) is 11.8 Å². The standard InChI is InChI=1S/C26H24N2O4S/c1-17-8-10-18(11-9-17)15-27-23-7-5-4-6-22(23)26(25(27)30)28(24(29)16-33-26)19-12-20(31-2)14-21(13-19)32-3/h4-14H,15-16H2,1-3H3. The van der Waals surface area contributed by atoms with Gasteiger partial charge in [-0.3, -0.25) is 14.5 Å². The Morgan fingerprint density at radius 3 is 2.27 bits per heavy atom. The number of amides is 2. The summed E-state index contributed by atoms with van der Waals surface area (Å²) in [4.78, 5) is 29.6. The second kappa shape index (κ2) is 8.15. The molecule has 3 aromatic rings. The van der Waals surface area contributed by atoms with E-state index in [1.807, 2.05) is 55.5 Å². The second-order valence-corrected chi connectivity index (χ2v) is 9.29. The van der Waals surface area contributed by atoms with Gasteiger partial charge in [0.1, 0.15) is 11.5 Å². The third-order valence-electron chi connectivity index (χ3n) is 6.12. The number of hydrogen-bond donors (Lipinski definition) is 0. The number of rotatable bonds is 5. The molecule has 1 fully saturated rings. The molecule has 2 heterocycles. The van der Waals surface area contributed by atoms with Crippen LogP contribution in [0.5, 0.6) is 11.5 Å². The Bertz CT molecular complexity index is 1220. The number of para-hydroxylation sites is 1. The number of fused-ring (bicyclic) bond motifs is 2. The number of aryl methyl sites for hydroxylation is 1. The third kappa shape index (κ3) is 3.35. The van der Waals surface area contributed by atoms with Gasteiger partial charge in [-0.1, -0.05) is 48.0 Å². The summed E-state index contributed by atoms with van der Waals surface area (Å²) in [7, 11) is 3.13. The minimum absolute atomic E-state index is 0.123. The van der Waals surface area contributed by atoms with Crippen molar-refractivity contribution in [2.75, 3.05) is 29.8 Å². The fourth-order valence-corrected chi connectivity index (χ4v) is 5.87. The molecule has 0 bridgehead atoms. The molecule has 0 saturated carbocycles. The molecule has 1 unspecified atom stereocenters. The zero-order valence-electron chi connectivity index (χ0n) is 18.7. The quantitative estimate of drug-likeness (QED) is 0.562. The fraction of sp³-hybridized carbons (Fsp3) is 0.231. The Labute approximate surface area is 197 Å². The minimum Gasteiger partial charge on any atom is -0.497 e. The number of nitrogens with zero attached hydrogens (tertiary/aromatic N) is 2. The molecule has 5 rings (SSSR count). The molecule has 2 aliphatic rings. The number of ether oxygens (including phenoxy) is 2. The van der Waals surface area contributed by atoms with Crippen molar-refractivity contribution in [3.8, 4) is 11.5 Å². The summed E-state index contributed by atoms with van der Waals surface area (Å²) in [6.45, 7) is 2.47. The Hall–Kier alpha value is -3.45. The van der Waals surface area contributed by atoms with E-state index in [-0.39, 0.29) is 17.6 Å². The monoisotopic (exact) mass is 460 g/mol. The molecule has 0 radical (unpaired) electrons. The fourth-order valence-electron chi connectivity index (χ4n) is 4.51. The topological polar surface area (TPSA) is 59.1 Å². The summed E-state index contributed by atoms with van der Waals surface area (Å²) in [5.41, 5.74) is 4.41. The Morgan fingerprint density at radius 2 is 1.61 bits per heavy atom. The summed E-state index contributed by atoms with van der Waals surface area (Å²) in [6, 6.07) is 21.2. The van der Waals surface area contributed by atoms with E-state index in [0.29, 0.717) is 23.7 Å². The van der Waals surface area contributed by atoms with Gasteiger partial charge in [0.15, 0.2) is 0 Å². The van der Waals surface area contributed by atoms with Crippen molar-refractivity contribution in [3.05, 3.63) is 83.4 Å². The Morgan fingerprint density at radius 1 is 0.939 bits per heavy atom. The highest BCUT2D eigenvalue weighted by Gasteiger charge is 2.61. The van der Waals surface area contributed by atoms with Crippen LogP contribution in [0.25, 0.3) is 0 Å². The molecule has 0 N–H and O–H groups in total. The first-order valence-corrected chi connectivity index (χ1v) is 11.6. The number of hydrogen-bond acceptors (Lipinski definition) is 5. The summed E-state index contributed by atoms with van der Waals surface area (Å²) in [5, 5.41) is 0. The normalized spacial score (nSPS) is 19.4. The smallest absolute Gasteiger partial charge is 0.269 e. The number of carbonyl (C=O) groups excluding carboxylic acids is 2. The van der Waals surface area contributed by atoms with Crippen LogP contribution in [0.1, 0.15) is 16.7 Å². The largest absolute Gasteiger partial charge is 0.497 e. The van der Waals surface area contributed by atoms with Crippen LogP contribution in [-0.4, -0.2) is 31.8 Å². The van der Waals surface area contributed by atoms with Crippen LogP contribution in [0.15, 0.2) is 66.7 Å². The van der Waals surface area contributed by atoms with Gasteiger partial charge in [-0.2, -0.15) is 0 Å². The molecule has 6 nitrogen and oxygen atoms in total. The molecule has 2 aliphatic heterocycles. The molecular weight excluding hydrogens is 436 g/mol. The van der Waals surface area contributed by atoms with Crippen molar-refractivity contribution in [1.82, 2.24) is 0 Å². The molecule has 0 aromatic heterocycles. The maximum atomic E-state index is 14.1. The van der Waals surface area contributed by atoms with E-state index in [1.165, 1.54) is 17.3 Å². The number of benzene rings is 3. The van der Waals surface area contributed by atoms with Crippen LogP contribution in [-0.2, 0) is 21.0 Å². The van der Waals surface area contributed by atoms with Gasteiger partial charge in [0.05, 0.1) is 37.9 Å². The van der Waals surface area contributed by atoms with Crippen LogP contribution >= 0.6 is 11.8 Å². The highest BCUT2D eigenvalue weighted by molar-refractivity contribution is 8.02. The van der Waals surface area contributed by atoms with E-state index in [9.17, 15) is 9.59 Å². The molecule has 168 valence electrons. The molecule has 1 atom stereocenters. The first-order chi connectivity index (χ1) is 16.0. The first-order valence-electron chi connectivity index (χ1n) is 10.6. The average Bonchev–Trinajstić information content (AvgIpc) is 3.31. The number of thioether (sulfide) groups is 1. The molecule has 2 amide bonds. The van der Waals surface area contributed by atoms with Gasteiger partial charge in [0, 0.05) is 23.8 Å². The van der Waals surface area contributed by atoms with Gasteiger partial charge in [-0.05, 0) is 18.6 Å². The predicted molar refractivity (Wildman–Crippen MR) is 130 cm³/mol. The summed E-state index contributed by atoms with van der Waals surface area (Å²) < 4.78 is 10.9. The minimum atomic E-state index is -1.17. The highest BCUT2D eigenvalue weighted by atomic mass is 32.2. The maximum absolute atomic E-state index is 14.1. The Balaban J connectivity index is 1.64. The van der Waals surface area contributed by atoms with Crippen molar-refractivity contribution < 1.29 is 19.1 Å². The zero-order chi connectivity index (χ0) is 23.2. The van der Waals surface area contributed by atoms with Gasteiger partial charge >= 0.3 is 0 Å². The maximum Gasteiger partial charge on any atom is 0.269 e. The second-order valence-electron chi connectivity index (χ2n) is 8.13. The first kappa shape index (κ1) is 21.4. The lowest BCUT2D eigenvalue weighted by Gasteiger charge is -2.33. The van der Waals surface area contributed by atoms with Gasteiger partial charge in [0.25, 0.3) is 5.91 Å². The van der Waals surface area contributed by atoms with Gasteiger partial charge in [0.2, 0.25) is 10.8 Å². The molecule has 7 heteroatoms. The lowest BCUT2D eigenvalue weighted by Crippen LogP contribution is -2.49. The van der Waals surface area contributed by atoms with Crippen molar-refractivity contribution >= 4 is 35.0 Å². The zero-order valence-corrected chi connectivity index (χ0v) is 19.5. The number of carbonyl (C=O) groups is 2. The molecule has 3 aromatic carbocycles. The average molecular weight is 461 g/mol. The summed E-state index contributed by atoms with van der Waals surface area (Å²) in [5.74, 6) is 1.06. The predicted octanol–water partition coefficient (Wildman–Crippen LogP) is 4.49. The van der Waals surface area contributed by atoms with E-state index in [2.05, 4.69) is 0 Å². The van der Waals surface area contributed by atoms with E-state index in [0.717, 1.165) is 16.8 Å². The van der Waals surface area contributed by atoms with Crippen LogP contribution in [0.2, 0.25) is 0 Å². The Kier molecular flexibility index (Phi) is 5.29. The molecule has 1 saturated heterocycles. The highest BCUT2D eigenvalue weighted by Crippen LogP contribution is 2.56. The van der Waals surface area contributed by atoms with E-state index in [1.54, 1.807) is 42.2 Å². The van der Waals surface area contributed by atoms with Crippen molar-refractivity contribution in [2.24, 2.45) is 0 Å². The summed E-state index contributed by atoms with van der Waals surface area (Å²) in [6.07, 6.45) is 0. The van der Waals surface area contributed by atoms with Gasteiger partial charge < -0.3 is 14.4 Å². The lowest BCUT2D eigenvalue weighted by atomic mass is 10.0. The summed E-state index contributed by atoms with van der Waals surface area (Å²) >= 11 is 1.36. The van der Waals surface area contributed by atoms with Crippen molar-refractivity contribution in [1.29, 1.82) is 0 Å². The van der Waals surface area contributed by atoms with Crippen LogP contribution in [0, 0.1) is 6.92 Å². The van der Waals surface area contributed by atoms with E-state index < -0.39 is 4.87 Å². The molecule has 1 spiro atoms. The molecule has 0 aliphatic carbocycles. The molecule has 33 heavy (non-hydrogen) atoms. The van der Waals surface area contributed by atoms with Gasteiger partial charge in [-0.25, -0.2) is 0 Å². The van der Waals surface area contributed by atoms with Crippen LogP contribution < -0.4 is 19.3 Å². The lowest BCUT2D eigenvalue weighted by molar-refractivity contribution is -0.123.